The maximum Gasteiger partial charge on any atom is 0.121 e. The SMILES string of the molecule is Nc1cccc(C(O)COc2ccc3cccnc3c2)c1. The highest BCUT2D eigenvalue weighted by molar-refractivity contribution is 5.79. The minimum Gasteiger partial charge on any atom is -0.490 e. The van der Waals surface area contributed by atoms with Gasteiger partial charge in [-0.05, 0) is 35.9 Å². The molecule has 4 heteroatoms. The van der Waals surface area contributed by atoms with Crippen molar-refractivity contribution in [2.45, 2.75) is 6.10 Å². The van der Waals surface area contributed by atoms with E-state index in [1.165, 1.54) is 0 Å². The predicted octanol–water partition coefficient (Wildman–Crippen LogP) is 2.93. The Morgan fingerprint density at radius 3 is 2.86 bits per heavy atom. The van der Waals surface area contributed by atoms with Crippen LogP contribution >= 0.6 is 0 Å². The van der Waals surface area contributed by atoms with E-state index in [1.807, 2.05) is 42.5 Å². The fourth-order valence-corrected chi connectivity index (χ4v) is 2.17. The van der Waals surface area contributed by atoms with Gasteiger partial charge in [-0.15, -0.1) is 0 Å². The molecule has 0 spiro atoms. The molecule has 2 aromatic carbocycles. The van der Waals surface area contributed by atoms with Gasteiger partial charge in [-0.1, -0.05) is 18.2 Å². The van der Waals surface area contributed by atoms with Crippen LogP contribution in [0, 0.1) is 0 Å². The van der Waals surface area contributed by atoms with Crippen LogP contribution < -0.4 is 10.5 Å². The van der Waals surface area contributed by atoms with E-state index in [0.717, 1.165) is 16.5 Å². The number of nitrogens with two attached hydrogens (primary N) is 1. The fraction of sp³-hybridized carbons (Fsp3) is 0.118. The Balaban J connectivity index is 1.71. The normalized spacial score (nSPS) is 12.2. The van der Waals surface area contributed by atoms with Gasteiger partial charge in [0.1, 0.15) is 18.5 Å². The lowest BCUT2D eigenvalue weighted by Crippen LogP contribution is -2.10. The zero-order valence-electron chi connectivity index (χ0n) is 11.4. The van der Waals surface area contributed by atoms with Crippen LogP contribution in [0.2, 0.25) is 0 Å². The van der Waals surface area contributed by atoms with Crippen LogP contribution in [-0.4, -0.2) is 16.7 Å². The molecule has 1 aromatic heterocycles. The number of aromatic nitrogens is 1. The Kier molecular flexibility index (Phi) is 3.71. The molecule has 0 saturated carbocycles. The number of ether oxygens (including phenoxy) is 1. The van der Waals surface area contributed by atoms with Gasteiger partial charge >= 0.3 is 0 Å². The molecule has 1 unspecified atom stereocenters. The lowest BCUT2D eigenvalue weighted by atomic mass is 10.1. The molecule has 3 rings (SSSR count). The molecule has 0 fully saturated rings. The monoisotopic (exact) mass is 280 g/mol. The number of aliphatic hydroxyl groups is 1. The van der Waals surface area contributed by atoms with Crippen molar-refractivity contribution < 1.29 is 9.84 Å². The maximum absolute atomic E-state index is 10.1. The number of pyridine rings is 1. The summed E-state index contributed by atoms with van der Waals surface area (Å²) in [6.45, 7) is 0.168. The summed E-state index contributed by atoms with van der Waals surface area (Å²) in [6.07, 6.45) is 1.03. The summed E-state index contributed by atoms with van der Waals surface area (Å²) >= 11 is 0. The molecule has 0 amide bonds. The molecule has 1 heterocycles. The summed E-state index contributed by atoms with van der Waals surface area (Å²) in [6, 6.07) is 16.7. The number of nitrogen functional groups attached to an aromatic ring is 1. The van der Waals surface area contributed by atoms with E-state index in [-0.39, 0.29) is 6.61 Å². The summed E-state index contributed by atoms with van der Waals surface area (Å²) in [5.74, 6) is 0.684. The number of fused-ring (bicyclic) bond motifs is 1. The highest BCUT2D eigenvalue weighted by Gasteiger charge is 2.09. The molecule has 4 nitrogen and oxygen atoms in total. The molecule has 3 aromatic rings. The van der Waals surface area contributed by atoms with Crippen LogP contribution in [0.1, 0.15) is 11.7 Å². The molecule has 1 atom stereocenters. The lowest BCUT2D eigenvalue weighted by Gasteiger charge is -2.13. The van der Waals surface area contributed by atoms with Gasteiger partial charge in [0.15, 0.2) is 0 Å². The smallest absolute Gasteiger partial charge is 0.121 e. The van der Waals surface area contributed by atoms with Crippen LogP contribution in [-0.2, 0) is 0 Å². The zero-order valence-corrected chi connectivity index (χ0v) is 11.4. The zero-order chi connectivity index (χ0) is 14.7. The number of anilines is 1. The van der Waals surface area contributed by atoms with Gasteiger partial charge in [0.25, 0.3) is 0 Å². The first kappa shape index (κ1) is 13.4. The first-order chi connectivity index (χ1) is 10.2. The van der Waals surface area contributed by atoms with E-state index in [2.05, 4.69) is 4.98 Å². The molecule has 3 N–H and O–H groups in total. The number of benzene rings is 2. The molecule has 0 aliphatic heterocycles. The van der Waals surface area contributed by atoms with E-state index in [9.17, 15) is 5.11 Å². The van der Waals surface area contributed by atoms with Crippen LogP contribution in [0.4, 0.5) is 5.69 Å². The number of hydrogen-bond donors (Lipinski definition) is 2. The summed E-state index contributed by atoms with van der Waals surface area (Å²) in [7, 11) is 0. The average molecular weight is 280 g/mol. The summed E-state index contributed by atoms with van der Waals surface area (Å²) in [4.78, 5) is 4.28. The Hall–Kier alpha value is -2.59. The van der Waals surface area contributed by atoms with Crippen molar-refractivity contribution in [3.05, 3.63) is 66.4 Å². The van der Waals surface area contributed by atoms with Gasteiger partial charge in [-0.25, -0.2) is 0 Å². The minimum absolute atomic E-state index is 0.168. The summed E-state index contributed by atoms with van der Waals surface area (Å²) in [5.41, 5.74) is 7.95. The number of hydrogen-bond acceptors (Lipinski definition) is 4. The van der Waals surface area contributed by atoms with Crippen molar-refractivity contribution in [3.63, 3.8) is 0 Å². The molecule has 0 radical (unpaired) electrons. The maximum atomic E-state index is 10.1. The molecule has 0 aliphatic carbocycles. The molecule has 0 aliphatic rings. The van der Waals surface area contributed by atoms with Crippen LogP contribution in [0.3, 0.4) is 0 Å². The van der Waals surface area contributed by atoms with Gasteiger partial charge < -0.3 is 15.6 Å². The van der Waals surface area contributed by atoms with Crippen molar-refractivity contribution in [2.24, 2.45) is 0 Å². The molecule has 0 bridgehead atoms. The molecule has 21 heavy (non-hydrogen) atoms. The Morgan fingerprint density at radius 2 is 2.00 bits per heavy atom. The van der Waals surface area contributed by atoms with E-state index < -0.39 is 6.10 Å². The largest absolute Gasteiger partial charge is 0.490 e. The minimum atomic E-state index is -0.715. The summed E-state index contributed by atoms with van der Waals surface area (Å²) in [5, 5.41) is 11.2. The first-order valence-electron chi connectivity index (χ1n) is 6.73. The van der Waals surface area contributed by atoms with Gasteiger partial charge in [-0.2, -0.15) is 0 Å². The number of nitrogens with zero attached hydrogens (tertiary/aromatic N) is 1. The first-order valence-corrected chi connectivity index (χ1v) is 6.73. The van der Waals surface area contributed by atoms with Crippen LogP contribution in [0.15, 0.2) is 60.8 Å². The summed E-state index contributed by atoms with van der Waals surface area (Å²) < 4.78 is 5.64. The topological polar surface area (TPSA) is 68.4 Å². The second kappa shape index (κ2) is 5.81. The third-order valence-corrected chi connectivity index (χ3v) is 3.28. The van der Waals surface area contributed by atoms with Crippen molar-refractivity contribution in [2.75, 3.05) is 12.3 Å². The third-order valence-electron chi connectivity index (χ3n) is 3.28. The van der Waals surface area contributed by atoms with Crippen molar-refractivity contribution >= 4 is 16.6 Å². The Bertz CT molecular complexity index is 758. The number of rotatable bonds is 4. The fourth-order valence-electron chi connectivity index (χ4n) is 2.17. The Labute approximate surface area is 122 Å². The van der Waals surface area contributed by atoms with Crippen LogP contribution in [0.5, 0.6) is 5.75 Å². The average Bonchev–Trinajstić information content (AvgIpc) is 2.52. The standard InChI is InChI=1S/C17H16N2O2/c18-14-5-1-3-13(9-14)17(20)11-21-15-7-6-12-4-2-8-19-16(12)10-15/h1-10,17,20H,11,18H2. The molecular formula is C17H16N2O2. The second-order valence-corrected chi connectivity index (χ2v) is 4.85. The third kappa shape index (κ3) is 3.12. The van der Waals surface area contributed by atoms with E-state index in [1.54, 1.807) is 18.3 Å². The molecule has 106 valence electrons. The van der Waals surface area contributed by atoms with Crippen molar-refractivity contribution in [1.82, 2.24) is 4.98 Å². The highest BCUT2D eigenvalue weighted by atomic mass is 16.5. The number of aliphatic hydroxyl groups excluding tert-OH is 1. The van der Waals surface area contributed by atoms with Crippen molar-refractivity contribution in [3.8, 4) is 5.75 Å². The quantitative estimate of drug-likeness (QED) is 0.721. The lowest BCUT2D eigenvalue weighted by molar-refractivity contribution is 0.108. The van der Waals surface area contributed by atoms with Gasteiger partial charge in [0.05, 0.1) is 5.52 Å². The molecular weight excluding hydrogens is 264 g/mol. The van der Waals surface area contributed by atoms with Gasteiger partial charge in [-0.3, -0.25) is 4.98 Å². The van der Waals surface area contributed by atoms with E-state index in [4.69, 9.17) is 10.5 Å². The second-order valence-electron chi connectivity index (χ2n) is 4.85. The Morgan fingerprint density at radius 1 is 1.10 bits per heavy atom. The van der Waals surface area contributed by atoms with Crippen molar-refractivity contribution in [1.29, 1.82) is 0 Å². The van der Waals surface area contributed by atoms with E-state index >= 15 is 0 Å². The molecule has 0 saturated heterocycles. The van der Waals surface area contributed by atoms with Crippen LogP contribution in [0.25, 0.3) is 10.9 Å². The van der Waals surface area contributed by atoms with Gasteiger partial charge in [0.2, 0.25) is 0 Å². The highest BCUT2D eigenvalue weighted by Crippen LogP contribution is 2.21. The predicted molar refractivity (Wildman–Crippen MR) is 83.1 cm³/mol. The van der Waals surface area contributed by atoms with Gasteiger partial charge in [0, 0.05) is 23.3 Å². The van der Waals surface area contributed by atoms with E-state index in [0.29, 0.717) is 11.4 Å².